The summed E-state index contributed by atoms with van der Waals surface area (Å²) < 4.78 is 17.0. The highest BCUT2D eigenvalue weighted by Crippen LogP contribution is 2.39. The third kappa shape index (κ3) is 6.80. The smallest absolute Gasteiger partial charge is 0.120 e. The van der Waals surface area contributed by atoms with Crippen LogP contribution in [0.25, 0.3) is 0 Å². The van der Waals surface area contributed by atoms with Gasteiger partial charge in [-0.1, -0.05) is 44.5 Å². The van der Waals surface area contributed by atoms with E-state index >= 15 is 0 Å². The quantitative estimate of drug-likeness (QED) is 0.377. The summed E-state index contributed by atoms with van der Waals surface area (Å²) in [6.07, 6.45) is 10.7. The average Bonchev–Trinajstić information content (AvgIpc) is 2.83. The number of aryl methyl sites for hydroxylation is 1. The van der Waals surface area contributed by atoms with Gasteiger partial charge in [-0.05, 0) is 73.6 Å². The zero-order chi connectivity index (χ0) is 23.7. The second kappa shape index (κ2) is 11.8. The van der Waals surface area contributed by atoms with E-state index in [2.05, 4.69) is 74.6 Å². The lowest BCUT2D eigenvalue weighted by Gasteiger charge is -2.31. The molecule has 0 heterocycles. The molecule has 4 nitrogen and oxygen atoms in total. The van der Waals surface area contributed by atoms with Crippen LogP contribution in [0.15, 0.2) is 66.5 Å². The summed E-state index contributed by atoms with van der Waals surface area (Å²) in [5, 5.41) is 3.71. The van der Waals surface area contributed by atoms with Gasteiger partial charge in [-0.15, -0.1) is 0 Å². The predicted molar refractivity (Wildman–Crippen MR) is 137 cm³/mol. The summed E-state index contributed by atoms with van der Waals surface area (Å²) in [4.78, 5) is 0. The van der Waals surface area contributed by atoms with Crippen LogP contribution in [-0.4, -0.2) is 27.4 Å². The maximum absolute atomic E-state index is 6.12. The van der Waals surface area contributed by atoms with Gasteiger partial charge in [0.05, 0.1) is 20.8 Å². The van der Waals surface area contributed by atoms with Crippen LogP contribution in [-0.2, 0) is 10.2 Å². The minimum Gasteiger partial charge on any atom is -0.497 e. The summed E-state index contributed by atoms with van der Waals surface area (Å²) in [5.41, 5.74) is 3.54. The Labute approximate surface area is 199 Å². The normalized spacial score (nSPS) is 18.4. The van der Waals surface area contributed by atoms with Crippen molar-refractivity contribution in [3.63, 3.8) is 0 Å². The van der Waals surface area contributed by atoms with Gasteiger partial charge in [0.1, 0.15) is 17.3 Å². The van der Waals surface area contributed by atoms with Gasteiger partial charge < -0.3 is 19.5 Å². The van der Waals surface area contributed by atoms with Crippen LogP contribution in [0, 0.1) is 12.8 Å². The maximum atomic E-state index is 6.12. The summed E-state index contributed by atoms with van der Waals surface area (Å²) in [6, 6.07) is 14.6. The van der Waals surface area contributed by atoms with Crippen LogP contribution in [0.1, 0.15) is 50.7 Å². The van der Waals surface area contributed by atoms with Gasteiger partial charge in [-0.2, -0.15) is 0 Å². The monoisotopic (exact) mass is 449 g/mol. The molecule has 178 valence electrons. The van der Waals surface area contributed by atoms with E-state index in [1.54, 1.807) is 14.2 Å². The number of benzene rings is 2. The second-order valence-corrected chi connectivity index (χ2v) is 9.17. The zero-order valence-electron chi connectivity index (χ0n) is 20.8. The van der Waals surface area contributed by atoms with Crippen LogP contribution >= 0.6 is 0 Å². The molecule has 3 rings (SSSR count). The van der Waals surface area contributed by atoms with Crippen molar-refractivity contribution in [2.75, 3.05) is 32.7 Å². The van der Waals surface area contributed by atoms with Crippen LogP contribution in [0.4, 0.5) is 5.69 Å². The molecular weight excluding hydrogens is 410 g/mol. The molecule has 1 aliphatic carbocycles. The Bertz CT molecular complexity index is 965. The van der Waals surface area contributed by atoms with E-state index in [4.69, 9.17) is 14.2 Å². The van der Waals surface area contributed by atoms with Crippen molar-refractivity contribution in [1.29, 1.82) is 0 Å². The molecule has 0 spiro atoms. The summed E-state index contributed by atoms with van der Waals surface area (Å²) in [5.74, 6) is 3.26. The molecule has 0 amide bonds. The van der Waals surface area contributed by atoms with Crippen molar-refractivity contribution in [1.82, 2.24) is 0 Å². The van der Waals surface area contributed by atoms with E-state index in [1.165, 1.54) is 11.1 Å². The van der Waals surface area contributed by atoms with Gasteiger partial charge in [-0.25, -0.2) is 0 Å². The molecule has 1 aliphatic rings. The zero-order valence-corrected chi connectivity index (χ0v) is 20.8. The summed E-state index contributed by atoms with van der Waals surface area (Å²) in [7, 11) is 3.43. The Morgan fingerprint density at radius 3 is 2.55 bits per heavy atom. The molecule has 0 radical (unpaired) electrons. The van der Waals surface area contributed by atoms with Gasteiger partial charge in [0.15, 0.2) is 0 Å². The highest BCUT2D eigenvalue weighted by Gasteiger charge is 2.28. The highest BCUT2D eigenvalue weighted by molar-refractivity contribution is 5.60. The lowest BCUT2D eigenvalue weighted by atomic mass is 9.76. The van der Waals surface area contributed by atoms with Crippen molar-refractivity contribution in [2.24, 2.45) is 5.92 Å². The van der Waals surface area contributed by atoms with Gasteiger partial charge >= 0.3 is 0 Å². The van der Waals surface area contributed by atoms with Crippen molar-refractivity contribution >= 4 is 5.69 Å². The fraction of sp³-hybridized carbons (Fsp3) is 0.448. The van der Waals surface area contributed by atoms with E-state index in [1.807, 2.05) is 12.1 Å². The SMILES string of the molecule is CCCC(CCNc1cc(OC)ccc1C1(C)C=CC(OC)=CC1)COc1cccc(C)c1. The molecular formula is C29H39NO3. The van der Waals surface area contributed by atoms with E-state index < -0.39 is 0 Å². The first kappa shape index (κ1) is 24.8. The molecule has 0 saturated heterocycles. The topological polar surface area (TPSA) is 39.7 Å². The lowest BCUT2D eigenvalue weighted by molar-refractivity contribution is 0.233. The van der Waals surface area contributed by atoms with Crippen LogP contribution in [0.2, 0.25) is 0 Å². The van der Waals surface area contributed by atoms with E-state index in [-0.39, 0.29) is 5.41 Å². The molecule has 2 aromatic rings. The minimum atomic E-state index is -0.0895. The lowest BCUT2D eigenvalue weighted by Crippen LogP contribution is -2.23. The molecule has 2 atom stereocenters. The fourth-order valence-electron chi connectivity index (χ4n) is 4.41. The fourth-order valence-corrected chi connectivity index (χ4v) is 4.41. The molecule has 0 aromatic heterocycles. The van der Waals surface area contributed by atoms with E-state index in [9.17, 15) is 0 Å². The number of anilines is 1. The number of hydrogen-bond donors (Lipinski definition) is 1. The molecule has 4 heteroatoms. The van der Waals surface area contributed by atoms with Crippen molar-refractivity contribution < 1.29 is 14.2 Å². The van der Waals surface area contributed by atoms with Crippen LogP contribution in [0.3, 0.4) is 0 Å². The Kier molecular flexibility index (Phi) is 8.87. The Balaban J connectivity index is 1.66. The van der Waals surface area contributed by atoms with Crippen LogP contribution in [0.5, 0.6) is 11.5 Å². The van der Waals surface area contributed by atoms with Gasteiger partial charge in [0.2, 0.25) is 0 Å². The molecule has 0 fully saturated rings. The van der Waals surface area contributed by atoms with Crippen molar-refractivity contribution in [3.05, 3.63) is 77.6 Å². The predicted octanol–water partition coefficient (Wildman–Crippen LogP) is 7.05. The van der Waals surface area contributed by atoms with Gasteiger partial charge in [0, 0.05) is 23.7 Å². The molecule has 2 unspecified atom stereocenters. The first-order chi connectivity index (χ1) is 16.0. The first-order valence-corrected chi connectivity index (χ1v) is 12.0. The summed E-state index contributed by atoms with van der Waals surface area (Å²) in [6.45, 7) is 8.25. The van der Waals surface area contributed by atoms with Crippen molar-refractivity contribution in [3.8, 4) is 11.5 Å². The third-order valence-electron chi connectivity index (χ3n) is 6.46. The molecule has 2 aromatic carbocycles. The summed E-state index contributed by atoms with van der Waals surface area (Å²) >= 11 is 0. The maximum Gasteiger partial charge on any atom is 0.120 e. The van der Waals surface area contributed by atoms with E-state index in [0.717, 1.165) is 61.8 Å². The number of nitrogens with one attached hydrogen (secondary N) is 1. The number of rotatable bonds is 12. The van der Waals surface area contributed by atoms with Gasteiger partial charge in [0.25, 0.3) is 0 Å². The van der Waals surface area contributed by atoms with Gasteiger partial charge in [-0.3, -0.25) is 0 Å². The molecule has 0 bridgehead atoms. The first-order valence-electron chi connectivity index (χ1n) is 12.0. The average molecular weight is 450 g/mol. The Morgan fingerprint density at radius 1 is 1.03 bits per heavy atom. The minimum absolute atomic E-state index is 0.0895. The second-order valence-electron chi connectivity index (χ2n) is 9.17. The standard InChI is InChI=1S/C29H39NO3/c1-6-8-23(21-33-26-10-7-9-22(2)19-26)15-18-30-28-20-25(32-5)11-12-27(28)29(3)16-13-24(31-4)14-17-29/h7,9-14,16,19-20,23,30H,6,8,15,17-18,21H2,1-5H3. The molecule has 1 N–H and O–H groups in total. The number of ether oxygens (including phenoxy) is 3. The highest BCUT2D eigenvalue weighted by atomic mass is 16.5. The molecule has 0 saturated carbocycles. The number of methoxy groups -OCH3 is 2. The van der Waals surface area contributed by atoms with Crippen LogP contribution < -0.4 is 14.8 Å². The molecule has 33 heavy (non-hydrogen) atoms. The number of hydrogen-bond acceptors (Lipinski definition) is 4. The van der Waals surface area contributed by atoms with Crippen molar-refractivity contribution in [2.45, 2.75) is 51.9 Å². The third-order valence-corrected chi connectivity index (χ3v) is 6.46. The Morgan fingerprint density at radius 2 is 1.88 bits per heavy atom. The largest absolute Gasteiger partial charge is 0.497 e. The van der Waals surface area contributed by atoms with E-state index in [0.29, 0.717) is 5.92 Å². The molecule has 0 aliphatic heterocycles. The Hall–Kier alpha value is -2.88. The number of allylic oxidation sites excluding steroid dienone is 3.